The topological polar surface area (TPSA) is 308 Å². The molecule has 8 aromatic rings. The maximum absolute atomic E-state index is 14.3. The van der Waals surface area contributed by atoms with Crippen LogP contribution in [0, 0.1) is 12.8 Å². The third kappa shape index (κ3) is 19.1. The number of aromatic nitrogens is 5. The van der Waals surface area contributed by atoms with Crippen LogP contribution in [-0.2, 0) is 38.6 Å². The predicted octanol–water partition coefficient (Wildman–Crippen LogP) is 11.8. The van der Waals surface area contributed by atoms with Crippen molar-refractivity contribution in [3.8, 4) is 11.3 Å². The lowest BCUT2D eigenvalue weighted by molar-refractivity contribution is -0.141. The Hall–Kier alpha value is -11.0. The number of unbranched alkanes of at least 4 members (excludes halogenated alkanes) is 4. The number of hydrogen-bond donors (Lipinski definition) is 7. The van der Waals surface area contributed by atoms with Gasteiger partial charge in [-0.3, -0.25) is 62.9 Å². The number of halogens is 3. The Bertz CT molecular complexity index is 4880. The average molecular weight is 1520 g/mol. The van der Waals surface area contributed by atoms with Crippen LogP contribution in [0.4, 0.5) is 41.7 Å². The van der Waals surface area contributed by atoms with E-state index < -0.39 is 58.7 Å². The van der Waals surface area contributed by atoms with E-state index in [1.807, 2.05) is 70.1 Å². The molecule has 25 nitrogen and oxygen atoms in total. The number of alkyl halides is 3. The molecule has 1 unspecified atom stereocenters. The number of pyridine rings is 1. The van der Waals surface area contributed by atoms with E-state index in [4.69, 9.17) is 10.1 Å². The zero-order chi connectivity index (χ0) is 79.1. The maximum atomic E-state index is 14.3. The van der Waals surface area contributed by atoms with Crippen LogP contribution < -0.4 is 37.5 Å². The molecule has 3 fully saturated rings. The molecule has 1 saturated carbocycles. The fraction of sp³-hybridized carbons (Fsp3) is 0.422. The van der Waals surface area contributed by atoms with E-state index in [2.05, 4.69) is 62.6 Å². The predicted molar refractivity (Wildman–Crippen MR) is 417 cm³/mol. The number of nitrogens with zero attached hydrogens (tertiary/aromatic N) is 9. The van der Waals surface area contributed by atoms with E-state index in [9.17, 15) is 61.4 Å². The first kappa shape index (κ1) is 79.6. The molecule has 12 rings (SSSR count). The monoisotopic (exact) mass is 1520 g/mol. The zero-order valence-electron chi connectivity index (χ0n) is 63.7. The average Bonchev–Trinajstić information content (AvgIpc) is 1.60. The molecule has 4 aliphatic rings. The van der Waals surface area contributed by atoms with Gasteiger partial charge in [-0.2, -0.15) is 18.3 Å². The van der Waals surface area contributed by atoms with Crippen molar-refractivity contribution < 1.29 is 56.6 Å². The Balaban J connectivity index is 0.597. The molecular weight excluding hydrogens is 1420 g/mol. The van der Waals surface area contributed by atoms with Crippen molar-refractivity contribution >= 4 is 86.7 Å². The van der Waals surface area contributed by atoms with Gasteiger partial charge in [0.05, 0.1) is 40.5 Å². The van der Waals surface area contributed by atoms with Gasteiger partial charge >= 0.3 is 6.18 Å². The molecule has 584 valence electrons. The summed E-state index contributed by atoms with van der Waals surface area (Å²) in [5.41, 5.74) is 3.62. The molecule has 1 aliphatic carbocycles. The molecule has 0 radical (unpaired) electrons. The summed E-state index contributed by atoms with van der Waals surface area (Å²) in [5.74, 6) is -3.35. The number of aryl methyl sites for hydroxylation is 1. The third-order valence-electron chi connectivity index (χ3n) is 21.4. The molecule has 5 aromatic carbocycles. The highest BCUT2D eigenvalue weighted by molar-refractivity contribution is 6.25. The molecule has 6 heterocycles. The normalized spacial score (nSPS) is 17.1. The van der Waals surface area contributed by atoms with Crippen LogP contribution in [0.3, 0.4) is 0 Å². The molecule has 0 bridgehead atoms. The van der Waals surface area contributed by atoms with Crippen LogP contribution in [0.5, 0.6) is 0 Å². The zero-order valence-corrected chi connectivity index (χ0v) is 63.7. The van der Waals surface area contributed by atoms with E-state index in [0.717, 1.165) is 118 Å². The quantitative estimate of drug-likeness (QED) is 0.0177. The molecule has 1 atom stereocenters. The standard InChI is InChI=1S/C83H96F3N15O10/c1-51-59(17-14-19-62(51)92-74(104)53-25-29-56(30-26-53)81(2,3)4)67-50-96(7)80(110)73(91-67)89-57-31-27-54(28-32-57)77(107)99-43-41-97(42-44-99)38-11-8-9-12-39-98(71(103)48-88-63-20-15-18-60-72(63)79(109)101(78(60)108)68-35-36-70(102)94-76(68)106)40-13-10-37-87-47-52-23-33-58(34-24-52)100-49-55-45-66(61(82(5,6)111)46-65(55)95-100)93-75(105)64-21-16-22-69(90-64)83(84,85)86/h14-22,25-32,45-46,49-50,52,58,68,87-88,111H,8-13,23-24,33-44,47-48H2,1-7H3,(H,89,91)(H,92,104)(H,93,105)(H,94,102,106). The number of carbonyl (C=O) groups excluding carboxylic acids is 8. The summed E-state index contributed by atoms with van der Waals surface area (Å²) in [7, 11) is 1.66. The van der Waals surface area contributed by atoms with Gasteiger partial charge < -0.3 is 46.1 Å². The van der Waals surface area contributed by atoms with E-state index >= 15 is 0 Å². The minimum absolute atomic E-state index is 0.0116. The van der Waals surface area contributed by atoms with Gasteiger partial charge in [-0.25, -0.2) is 9.97 Å². The number of aliphatic hydroxyl groups is 1. The van der Waals surface area contributed by atoms with Crippen LogP contribution in [0.25, 0.3) is 22.2 Å². The van der Waals surface area contributed by atoms with Crippen molar-refractivity contribution in [2.75, 3.05) is 86.7 Å². The second-order valence-corrected chi connectivity index (χ2v) is 30.9. The van der Waals surface area contributed by atoms with Gasteiger partial charge in [0.2, 0.25) is 17.7 Å². The highest BCUT2D eigenvalue weighted by Crippen LogP contribution is 2.38. The van der Waals surface area contributed by atoms with Crippen LogP contribution in [-0.4, -0.2) is 168 Å². The first-order chi connectivity index (χ1) is 52.9. The number of rotatable bonds is 28. The number of benzene rings is 5. The summed E-state index contributed by atoms with van der Waals surface area (Å²) in [5, 5.41) is 34.6. The fourth-order valence-corrected chi connectivity index (χ4v) is 14.9. The van der Waals surface area contributed by atoms with Crippen molar-refractivity contribution in [3.63, 3.8) is 0 Å². The van der Waals surface area contributed by atoms with Gasteiger partial charge in [0, 0.05) is 116 Å². The van der Waals surface area contributed by atoms with Crippen molar-refractivity contribution in [3.05, 3.63) is 188 Å². The number of anilines is 5. The highest BCUT2D eigenvalue weighted by atomic mass is 19.4. The maximum Gasteiger partial charge on any atom is 0.433 e. The van der Waals surface area contributed by atoms with Gasteiger partial charge in [0.15, 0.2) is 5.82 Å². The number of carbonyl (C=O) groups is 8. The number of hydrogen-bond acceptors (Lipinski definition) is 17. The number of piperidine rings is 1. The van der Waals surface area contributed by atoms with Crippen LogP contribution >= 0.6 is 0 Å². The van der Waals surface area contributed by atoms with Crippen molar-refractivity contribution in [1.29, 1.82) is 0 Å². The molecule has 7 N–H and O–H groups in total. The van der Waals surface area contributed by atoms with E-state index in [0.29, 0.717) is 95.5 Å². The van der Waals surface area contributed by atoms with E-state index in [1.165, 1.54) is 16.7 Å². The Morgan fingerprint density at radius 3 is 2.05 bits per heavy atom. The number of amides is 8. The molecule has 8 amide bonds. The largest absolute Gasteiger partial charge is 0.433 e. The van der Waals surface area contributed by atoms with Gasteiger partial charge in [0.1, 0.15) is 17.4 Å². The fourth-order valence-electron chi connectivity index (χ4n) is 14.9. The van der Waals surface area contributed by atoms with Gasteiger partial charge in [-0.05, 0) is 200 Å². The molecule has 2 saturated heterocycles. The Labute approximate surface area is 642 Å². The summed E-state index contributed by atoms with van der Waals surface area (Å²) in [6.07, 6.45) is 7.42. The van der Waals surface area contributed by atoms with Crippen molar-refractivity contribution in [2.24, 2.45) is 13.0 Å². The Kier molecular flexibility index (Phi) is 24.5. The molecule has 111 heavy (non-hydrogen) atoms. The summed E-state index contributed by atoms with van der Waals surface area (Å²) in [4.78, 5) is 136. The molecule has 3 aromatic heterocycles. The van der Waals surface area contributed by atoms with Crippen LogP contribution in [0.2, 0.25) is 0 Å². The van der Waals surface area contributed by atoms with Gasteiger partial charge in [0.25, 0.3) is 35.1 Å². The summed E-state index contributed by atoms with van der Waals surface area (Å²) < 4.78 is 43.7. The summed E-state index contributed by atoms with van der Waals surface area (Å²) >= 11 is 0. The lowest BCUT2D eigenvalue weighted by Gasteiger charge is -2.34. The number of fused-ring (bicyclic) bond motifs is 2. The van der Waals surface area contributed by atoms with Crippen LogP contribution in [0.15, 0.2) is 132 Å². The van der Waals surface area contributed by atoms with Crippen molar-refractivity contribution in [2.45, 2.75) is 148 Å². The number of piperazine rings is 1. The number of nitrogens with one attached hydrogen (secondary N) is 6. The second-order valence-electron chi connectivity index (χ2n) is 30.9. The Morgan fingerprint density at radius 1 is 0.685 bits per heavy atom. The van der Waals surface area contributed by atoms with E-state index in [-0.39, 0.29) is 76.8 Å². The first-order valence-electron chi connectivity index (χ1n) is 38.1. The first-order valence-corrected chi connectivity index (χ1v) is 38.1. The minimum atomic E-state index is -4.74. The smallest absolute Gasteiger partial charge is 0.386 e. The summed E-state index contributed by atoms with van der Waals surface area (Å²) in [6.45, 7) is 17.2. The molecule has 3 aliphatic heterocycles. The summed E-state index contributed by atoms with van der Waals surface area (Å²) in [6, 6.07) is 30.3. The van der Waals surface area contributed by atoms with E-state index in [1.54, 1.807) is 75.6 Å². The molecule has 0 spiro atoms. The third-order valence-corrected chi connectivity index (χ3v) is 21.4. The second kappa shape index (κ2) is 34.1. The van der Waals surface area contributed by atoms with Crippen LogP contribution in [0.1, 0.15) is 192 Å². The van der Waals surface area contributed by atoms with Crippen molar-refractivity contribution in [1.82, 2.24) is 54.5 Å². The lowest BCUT2D eigenvalue weighted by Crippen LogP contribution is -2.54. The highest BCUT2D eigenvalue weighted by Gasteiger charge is 2.46. The lowest BCUT2D eigenvalue weighted by atomic mass is 9.86. The molecular formula is C83H96F3N15O10. The minimum Gasteiger partial charge on any atom is -0.386 e. The SMILES string of the molecule is Cc1c(NC(=O)c2ccc(C(C)(C)C)cc2)cccc1-c1cn(C)c(=O)c(Nc2ccc(C(=O)N3CCN(CCCCCCN(CCCCNCC4CCC(n5cc6cc(NC(=O)c7cccc(C(F)(F)F)n7)c(C(C)(C)O)cc6n5)CC4)C(=O)CNc4cccc5c4C(=O)N(C4CCC(=O)NC4=O)C5=O)CC3)cc2)n1. The number of imide groups is 2. The Morgan fingerprint density at radius 2 is 1.35 bits per heavy atom. The van der Waals surface area contributed by atoms with Gasteiger partial charge in [-0.1, -0.05) is 70.0 Å². The molecule has 28 heteroatoms. The van der Waals surface area contributed by atoms with Gasteiger partial charge in [-0.15, -0.1) is 0 Å².